The molecule has 1 N–H and O–H groups in total. The predicted octanol–water partition coefficient (Wildman–Crippen LogP) is 1.82. The van der Waals surface area contributed by atoms with Crippen molar-refractivity contribution in [3.63, 3.8) is 0 Å². The Bertz CT molecular complexity index is 968. The van der Waals surface area contributed by atoms with Gasteiger partial charge in [-0.1, -0.05) is 23.8 Å². The number of imide groups is 1. The minimum Gasteiger partial charge on any atom is -0.337 e. The molecule has 0 saturated carbocycles. The summed E-state index contributed by atoms with van der Waals surface area (Å²) in [6.07, 6.45) is 5.19. The van der Waals surface area contributed by atoms with Crippen LogP contribution in [-0.2, 0) is 11.3 Å². The second-order valence-corrected chi connectivity index (χ2v) is 7.72. The first kappa shape index (κ1) is 19.0. The van der Waals surface area contributed by atoms with Crippen LogP contribution in [0.1, 0.15) is 40.0 Å². The van der Waals surface area contributed by atoms with E-state index in [4.69, 9.17) is 0 Å². The zero-order valence-electron chi connectivity index (χ0n) is 16.5. The Morgan fingerprint density at radius 2 is 1.93 bits per heavy atom. The molecule has 2 aromatic rings. The molecule has 4 amide bonds. The molecule has 0 aliphatic carbocycles. The summed E-state index contributed by atoms with van der Waals surface area (Å²) in [4.78, 5) is 49.2. The van der Waals surface area contributed by atoms with Crippen LogP contribution in [0.4, 0.5) is 4.79 Å². The van der Waals surface area contributed by atoms with Crippen molar-refractivity contribution in [2.24, 2.45) is 0 Å². The zero-order chi connectivity index (χ0) is 20.6. The first-order valence-electron chi connectivity index (χ1n) is 9.65. The van der Waals surface area contributed by atoms with Gasteiger partial charge in [-0.3, -0.25) is 19.5 Å². The molecular weight excluding hydrogens is 370 g/mol. The monoisotopic (exact) mass is 393 g/mol. The van der Waals surface area contributed by atoms with Crippen LogP contribution in [-0.4, -0.2) is 56.2 Å². The van der Waals surface area contributed by atoms with Gasteiger partial charge in [-0.05, 0) is 37.8 Å². The molecule has 4 rings (SSSR count). The number of hydrogen-bond acceptors (Lipinski definition) is 5. The van der Waals surface area contributed by atoms with Crippen LogP contribution >= 0.6 is 0 Å². The van der Waals surface area contributed by atoms with E-state index >= 15 is 0 Å². The second-order valence-electron chi connectivity index (χ2n) is 7.72. The molecule has 0 radical (unpaired) electrons. The fourth-order valence-corrected chi connectivity index (χ4v) is 3.96. The number of carbonyl (C=O) groups excluding carboxylic acids is 3. The Labute approximate surface area is 168 Å². The molecule has 2 aliphatic heterocycles. The lowest BCUT2D eigenvalue weighted by molar-refractivity contribution is -0.133. The number of rotatable bonds is 3. The third kappa shape index (κ3) is 3.46. The highest BCUT2D eigenvalue weighted by molar-refractivity contribution is 6.07. The summed E-state index contributed by atoms with van der Waals surface area (Å²) >= 11 is 0. The number of benzene rings is 1. The Morgan fingerprint density at radius 1 is 1.17 bits per heavy atom. The number of piperidine rings is 1. The lowest BCUT2D eigenvalue weighted by atomic mass is 9.87. The summed E-state index contributed by atoms with van der Waals surface area (Å²) in [5.74, 6) is -0.424. The lowest BCUT2D eigenvalue weighted by Gasteiger charge is -2.37. The lowest BCUT2D eigenvalue weighted by Crippen LogP contribution is -2.55. The SMILES string of the molecule is Cc1ccc(C)c(CN2C(=O)NC3(CCN(C(=O)c4cnccn4)CC3)C2=O)c1. The maximum atomic E-state index is 13.2. The Morgan fingerprint density at radius 3 is 2.62 bits per heavy atom. The molecule has 150 valence electrons. The Hall–Kier alpha value is -3.29. The first-order valence-corrected chi connectivity index (χ1v) is 9.65. The van der Waals surface area contributed by atoms with Crippen molar-refractivity contribution in [3.05, 3.63) is 59.2 Å². The number of amides is 4. The van der Waals surface area contributed by atoms with Crippen molar-refractivity contribution in [2.75, 3.05) is 13.1 Å². The molecular formula is C21H23N5O3. The number of nitrogens with zero attached hydrogens (tertiary/aromatic N) is 4. The van der Waals surface area contributed by atoms with Crippen molar-refractivity contribution in [1.82, 2.24) is 25.1 Å². The molecule has 29 heavy (non-hydrogen) atoms. The Kier molecular flexibility index (Phi) is 4.77. The fraction of sp³-hybridized carbons (Fsp3) is 0.381. The molecule has 0 atom stereocenters. The van der Waals surface area contributed by atoms with Gasteiger partial charge in [-0.15, -0.1) is 0 Å². The first-order chi connectivity index (χ1) is 13.9. The van der Waals surface area contributed by atoms with Gasteiger partial charge in [0.05, 0.1) is 12.7 Å². The molecule has 0 unspecified atom stereocenters. The van der Waals surface area contributed by atoms with Crippen LogP contribution < -0.4 is 5.32 Å². The summed E-state index contributed by atoms with van der Waals surface area (Å²) in [6.45, 7) is 4.96. The van der Waals surface area contributed by atoms with Crippen molar-refractivity contribution in [3.8, 4) is 0 Å². The quantitative estimate of drug-likeness (QED) is 0.803. The van der Waals surface area contributed by atoms with Crippen LogP contribution in [0.5, 0.6) is 0 Å². The number of nitrogens with one attached hydrogen (secondary N) is 1. The molecule has 8 nitrogen and oxygen atoms in total. The molecule has 8 heteroatoms. The maximum Gasteiger partial charge on any atom is 0.325 e. The van der Waals surface area contributed by atoms with Crippen LogP contribution in [0.2, 0.25) is 0 Å². The van der Waals surface area contributed by atoms with E-state index < -0.39 is 5.54 Å². The van der Waals surface area contributed by atoms with Gasteiger partial charge in [-0.2, -0.15) is 0 Å². The number of aryl methyl sites for hydroxylation is 2. The van der Waals surface area contributed by atoms with Gasteiger partial charge >= 0.3 is 6.03 Å². The van der Waals surface area contributed by atoms with Gasteiger partial charge in [0.25, 0.3) is 11.8 Å². The topological polar surface area (TPSA) is 95.5 Å². The smallest absolute Gasteiger partial charge is 0.325 e. The molecule has 2 aliphatic rings. The van der Waals surface area contributed by atoms with Crippen molar-refractivity contribution in [2.45, 2.75) is 38.8 Å². The molecule has 3 heterocycles. The predicted molar refractivity (Wildman–Crippen MR) is 105 cm³/mol. The van der Waals surface area contributed by atoms with Gasteiger partial charge in [0.2, 0.25) is 0 Å². The minimum atomic E-state index is -0.937. The number of hydrogen-bond donors (Lipinski definition) is 1. The van der Waals surface area contributed by atoms with Gasteiger partial charge in [-0.25, -0.2) is 9.78 Å². The van der Waals surface area contributed by atoms with E-state index in [9.17, 15) is 14.4 Å². The highest BCUT2D eigenvalue weighted by atomic mass is 16.2. The molecule has 1 aromatic heterocycles. The van der Waals surface area contributed by atoms with Gasteiger partial charge < -0.3 is 10.2 Å². The van der Waals surface area contributed by atoms with E-state index in [2.05, 4.69) is 15.3 Å². The van der Waals surface area contributed by atoms with Crippen molar-refractivity contribution < 1.29 is 14.4 Å². The van der Waals surface area contributed by atoms with Crippen LogP contribution in [0, 0.1) is 13.8 Å². The third-order valence-corrected chi connectivity index (χ3v) is 5.77. The van der Waals surface area contributed by atoms with Crippen molar-refractivity contribution in [1.29, 1.82) is 0 Å². The largest absolute Gasteiger partial charge is 0.337 e. The van der Waals surface area contributed by atoms with E-state index in [1.54, 1.807) is 4.90 Å². The summed E-state index contributed by atoms with van der Waals surface area (Å²) in [7, 11) is 0. The van der Waals surface area contributed by atoms with Crippen LogP contribution in [0.15, 0.2) is 36.8 Å². The van der Waals surface area contributed by atoms with Gasteiger partial charge in [0, 0.05) is 25.5 Å². The Balaban J connectivity index is 1.46. The number of likely N-dealkylation sites (tertiary alicyclic amines) is 1. The highest BCUT2D eigenvalue weighted by Gasteiger charge is 2.52. The minimum absolute atomic E-state index is 0.211. The second kappa shape index (κ2) is 7.27. The molecule has 1 spiro atoms. The summed E-state index contributed by atoms with van der Waals surface area (Å²) in [6, 6.07) is 5.64. The normalized spacial score (nSPS) is 18.3. The zero-order valence-corrected chi connectivity index (χ0v) is 16.5. The molecule has 0 bridgehead atoms. The average Bonchev–Trinajstić information content (AvgIpc) is 2.95. The number of aromatic nitrogens is 2. The van der Waals surface area contributed by atoms with Gasteiger partial charge in [0.1, 0.15) is 11.2 Å². The molecule has 1 aromatic carbocycles. The van der Waals surface area contributed by atoms with E-state index in [1.807, 2.05) is 32.0 Å². The summed E-state index contributed by atoms with van der Waals surface area (Å²) in [5.41, 5.74) is 2.43. The molecule has 2 fully saturated rings. The van der Waals surface area contributed by atoms with E-state index in [0.717, 1.165) is 16.7 Å². The average molecular weight is 393 g/mol. The van der Waals surface area contributed by atoms with Crippen molar-refractivity contribution >= 4 is 17.8 Å². The van der Waals surface area contributed by atoms with Crippen LogP contribution in [0.3, 0.4) is 0 Å². The maximum absolute atomic E-state index is 13.2. The van der Waals surface area contributed by atoms with E-state index in [1.165, 1.54) is 23.5 Å². The fourth-order valence-electron chi connectivity index (χ4n) is 3.96. The third-order valence-electron chi connectivity index (χ3n) is 5.77. The van der Waals surface area contributed by atoms with E-state index in [-0.39, 0.29) is 30.1 Å². The molecule has 2 saturated heterocycles. The number of urea groups is 1. The van der Waals surface area contributed by atoms with E-state index in [0.29, 0.717) is 25.9 Å². The summed E-state index contributed by atoms with van der Waals surface area (Å²) in [5, 5.41) is 2.89. The van der Waals surface area contributed by atoms with Crippen LogP contribution in [0.25, 0.3) is 0 Å². The number of carbonyl (C=O) groups is 3. The highest BCUT2D eigenvalue weighted by Crippen LogP contribution is 2.31. The summed E-state index contributed by atoms with van der Waals surface area (Å²) < 4.78 is 0. The standard InChI is InChI=1S/C21H23N5O3/c1-14-3-4-15(2)16(11-14)13-26-19(28)21(24-20(26)29)5-9-25(10-6-21)18(27)17-12-22-7-8-23-17/h3-4,7-8,11-12H,5-6,9-10,13H2,1-2H3,(H,24,29). The van der Waals surface area contributed by atoms with Gasteiger partial charge in [0.15, 0.2) is 0 Å².